The molecule has 0 saturated heterocycles. The molecule has 0 aliphatic heterocycles. The van der Waals surface area contributed by atoms with E-state index in [0.717, 1.165) is 38.6 Å². The molecule has 0 spiro atoms. The second kappa shape index (κ2) is 13.6. The molecule has 0 atom stereocenters. The van der Waals surface area contributed by atoms with Crippen LogP contribution in [0.4, 0.5) is 0 Å². The molecule has 6 heteroatoms. The number of rotatable bonds is 12. The van der Waals surface area contributed by atoms with Crippen LogP contribution in [0, 0.1) is 0 Å². The number of methoxy groups -OCH3 is 1. The molecule has 0 heterocycles. The van der Waals surface area contributed by atoms with Crippen molar-refractivity contribution in [2.24, 2.45) is 4.99 Å². The summed E-state index contributed by atoms with van der Waals surface area (Å²) in [5, 5.41) is 6.73. The molecular weight excluding hydrogens is 328 g/mol. The van der Waals surface area contributed by atoms with Crippen molar-refractivity contribution in [3.05, 3.63) is 35.4 Å². The lowest BCUT2D eigenvalue weighted by Crippen LogP contribution is -2.38. The largest absolute Gasteiger partial charge is 0.382 e. The van der Waals surface area contributed by atoms with Crippen molar-refractivity contribution in [2.45, 2.75) is 39.4 Å². The molecule has 6 nitrogen and oxygen atoms in total. The Balaban J connectivity index is 2.39. The number of benzene rings is 1. The topological polar surface area (TPSA) is 58.1 Å². The van der Waals surface area contributed by atoms with E-state index in [2.05, 4.69) is 65.7 Å². The zero-order valence-electron chi connectivity index (χ0n) is 17.0. The summed E-state index contributed by atoms with van der Waals surface area (Å²) >= 11 is 0. The molecule has 0 aromatic heterocycles. The highest BCUT2D eigenvalue weighted by Crippen LogP contribution is 2.12. The van der Waals surface area contributed by atoms with E-state index in [9.17, 15) is 0 Å². The minimum Gasteiger partial charge on any atom is -0.382 e. The average Bonchev–Trinajstić information content (AvgIpc) is 2.64. The van der Waals surface area contributed by atoms with Gasteiger partial charge in [-0.25, -0.2) is 0 Å². The highest BCUT2D eigenvalue weighted by molar-refractivity contribution is 5.79. The van der Waals surface area contributed by atoms with Crippen molar-refractivity contribution in [3.8, 4) is 0 Å². The molecule has 26 heavy (non-hydrogen) atoms. The zero-order valence-corrected chi connectivity index (χ0v) is 17.0. The third-order valence-electron chi connectivity index (χ3n) is 4.28. The van der Waals surface area contributed by atoms with Gasteiger partial charge in [-0.05, 0) is 38.4 Å². The molecule has 1 aromatic carbocycles. The second-order valence-corrected chi connectivity index (χ2v) is 6.59. The second-order valence-electron chi connectivity index (χ2n) is 6.59. The van der Waals surface area contributed by atoms with Crippen molar-refractivity contribution in [3.63, 3.8) is 0 Å². The molecule has 0 unspecified atom stereocenters. The van der Waals surface area contributed by atoms with Crippen LogP contribution in [0.15, 0.2) is 29.3 Å². The van der Waals surface area contributed by atoms with Crippen LogP contribution < -0.4 is 10.6 Å². The number of nitrogens with one attached hydrogen (secondary N) is 2. The first-order valence-corrected chi connectivity index (χ1v) is 9.36. The molecule has 1 aromatic rings. The normalized spacial score (nSPS) is 12.0. The maximum absolute atomic E-state index is 5.46. The Morgan fingerprint density at radius 3 is 2.50 bits per heavy atom. The van der Waals surface area contributed by atoms with Gasteiger partial charge in [0.25, 0.3) is 0 Å². The molecule has 0 saturated carbocycles. The summed E-state index contributed by atoms with van der Waals surface area (Å²) in [5.41, 5.74) is 2.64. The number of guanidine groups is 1. The maximum Gasteiger partial charge on any atom is 0.191 e. The summed E-state index contributed by atoms with van der Waals surface area (Å²) in [4.78, 5) is 6.64. The highest BCUT2D eigenvalue weighted by Gasteiger charge is 2.08. The van der Waals surface area contributed by atoms with Gasteiger partial charge in [0.15, 0.2) is 5.96 Å². The monoisotopic (exact) mass is 364 g/mol. The summed E-state index contributed by atoms with van der Waals surface area (Å²) in [6.07, 6.45) is 0.931. The Hall–Kier alpha value is -1.63. The van der Waals surface area contributed by atoms with E-state index in [1.165, 1.54) is 11.1 Å². The fourth-order valence-electron chi connectivity index (χ4n) is 2.36. The van der Waals surface area contributed by atoms with Gasteiger partial charge in [-0.2, -0.15) is 0 Å². The number of hydrogen-bond acceptors (Lipinski definition) is 4. The molecule has 0 aliphatic carbocycles. The van der Waals surface area contributed by atoms with E-state index in [-0.39, 0.29) is 0 Å². The first-order chi connectivity index (χ1) is 12.6. The summed E-state index contributed by atoms with van der Waals surface area (Å²) in [7, 11) is 5.63. The Morgan fingerprint density at radius 1 is 1.12 bits per heavy atom. The number of nitrogens with zero attached hydrogens (tertiary/aromatic N) is 2. The van der Waals surface area contributed by atoms with Crippen LogP contribution in [0.2, 0.25) is 0 Å². The van der Waals surface area contributed by atoms with Crippen molar-refractivity contribution in [1.82, 2.24) is 15.5 Å². The van der Waals surface area contributed by atoms with Gasteiger partial charge in [0.1, 0.15) is 0 Å². The van der Waals surface area contributed by atoms with E-state index in [1.807, 2.05) is 0 Å². The van der Waals surface area contributed by atoms with E-state index in [4.69, 9.17) is 9.47 Å². The predicted octanol–water partition coefficient (Wildman–Crippen LogP) is 2.24. The maximum atomic E-state index is 5.46. The standard InChI is InChI=1S/C20H36N4O2/c1-17(2)24(4)16-19-10-7-6-9-18(19)15-23-20(21-3)22-11-8-12-26-14-13-25-5/h6-7,9-10,17H,8,11-16H2,1-5H3,(H2,21,22,23). The summed E-state index contributed by atoms with van der Waals surface area (Å²) in [6.45, 7) is 8.96. The van der Waals surface area contributed by atoms with Crippen LogP contribution in [-0.2, 0) is 22.6 Å². The minimum atomic E-state index is 0.525. The van der Waals surface area contributed by atoms with Crippen molar-refractivity contribution in [2.75, 3.05) is 47.6 Å². The van der Waals surface area contributed by atoms with Crippen LogP contribution in [0.25, 0.3) is 0 Å². The zero-order chi connectivity index (χ0) is 19.2. The molecule has 2 N–H and O–H groups in total. The van der Waals surface area contributed by atoms with Crippen LogP contribution in [0.1, 0.15) is 31.4 Å². The number of ether oxygens (including phenoxy) is 2. The van der Waals surface area contributed by atoms with Crippen LogP contribution in [0.5, 0.6) is 0 Å². The third-order valence-corrected chi connectivity index (χ3v) is 4.28. The first-order valence-electron chi connectivity index (χ1n) is 9.36. The SMILES string of the molecule is CN=C(NCCCOCCOC)NCc1ccccc1CN(C)C(C)C. The van der Waals surface area contributed by atoms with Crippen molar-refractivity contribution in [1.29, 1.82) is 0 Å². The van der Waals surface area contributed by atoms with Gasteiger partial charge in [-0.3, -0.25) is 9.89 Å². The fourth-order valence-corrected chi connectivity index (χ4v) is 2.36. The lowest BCUT2D eigenvalue weighted by molar-refractivity contribution is 0.0698. The van der Waals surface area contributed by atoms with Gasteiger partial charge in [-0.15, -0.1) is 0 Å². The predicted molar refractivity (Wildman–Crippen MR) is 109 cm³/mol. The lowest BCUT2D eigenvalue weighted by Gasteiger charge is -2.23. The number of hydrogen-bond donors (Lipinski definition) is 2. The summed E-state index contributed by atoms with van der Waals surface area (Å²) in [6, 6.07) is 9.08. The van der Waals surface area contributed by atoms with Crippen LogP contribution >= 0.6 is 0 Å². The van der Waals surface area contributed by atoms with Gasteiger partial charge in [0, 0.05) is 46.4 Å². The van der Waals surface area contributed by atoms with E-state index < -0.39 is 0 Å². The minimum absolute atomic E-state index is 0.525. The highest BCUT2D eigenvalue weighted by atomic mass is 16.5. The van der Waals surface area contributed by atoms with Crippen LogP contribution in [0.3, 0.4) is 0 Å². The Kier molecular flexibility index (Phi) is 11.7. The molecular formula is C20H36N4O2. The van der Waals surface area contributed by atoms with Gasteiger partial charge in [0.2, 0.25) is 0 Å². The van der Waals surface area contributed by atoms with Gasteiger partial charge < -0.3 is 20.1 Å². The van der Waals surface area contributed by atoms with Gasteiger partial charge in [-0.1, -0.05) is 24.3 Å². The Bertz CT molecular complexity index is 520. The lowest BCUT2D eigenvalue weighted by atomic mass is 10.1. The summed E-state index contributed by atoms with van der Waals surface area (Å²) < 4.78 is 10.4. The quantitative estimate of drug-likeness (QED) is 0.338. The molecule has 0 aliphatic rings. The van der Waals surface area contributed by atoms with Gasteiger partial charge >= 0.3 is 0 Å². The molecule has 0 fully saturated rings. The van der Waals surface area contributed by atoms with Gasteiger partial charge in [0.05, 0.1) is 13.2 Å². The molecule has 0 bridgehead atoms. The number of aliphatic imine (C=N–C) groups is 1. The molecule has 1 rings (SSSR count). The fraction of sp³-hybridized carbons (Fsp3) is 0.650. The van der Waals surface area contributed by atoms with Crippen LogP contribution in [-0.4, -0.2) is 64.5 Å². The van der Waals surface area contributed by atoms with E-state index in [1.54, 1.807) is 14.2 Å². The Labute approximate surface area is 159 Å². The molecule has 0 radical (unpaired) electrons. The van der Waals surface area contributed by atoms with E-state index >= 15 is 0 Å². The van der Waals surface area contributed by atoms with E-state index in [0.29, 0.717) is 19.3 Å². The first kappa shape index (κ1) is 22.4. The van der Waals surface area contributed by atoms with Crippen molar-refractivity contribution < 1.29 is 9.47 Å². The third kappa shape index (κ3) is 9.17. The molecule has 0 amide bonds. The van der Waals surface area contributed by atoms with Crippen molar-refractivity contribution >= 4 is 5.96 Å². The average molecular weight is 365 g/mol. The summed E-state index contributed by atoms with van der Waals surface area (Å²) in [5.74, 6) is 0.814. The smallest absolute Gasteiger partial charge is 0.191 e. The molecule has 148 valence electrons. The Morgan fingerprint density at radius 2 is 1.85 bits per heavy atom.